The SMILES string of the molecule is CC1CCN(C(=O)C2CCCC2(C)C)CC1Br. The summed E-state index contributed by atoms with van der Waals surface area (Å²) in [4.78, 5) is 15.1. The summed E-state index contributed by atoms with van der Waals surface area (Å²) in [7, 11) is 0. The standard InChI is InChI=1S/C14H24BrNO/c1-10-6-8-16(9-12(10)15)13(17)11-5-4-7-14(11,2)3/h10-12H,4-9H2,1-3H3. The van der Waals surface area contributed by atoms with Crippen LogP contribution >= 0.6 is 15.9 Å². The molecule has 2 nitrogen and oxygen atoms in total. The third kappa shape index (κ3) is 2.69. The van der Waals surface area contributed by atoms with Gasteiger partial charge in [-0.3, -0.25) is 4.79 Å². The zero-order chi connectivity index (χ0) is 12.6. The first kappa shape index (κ1) is 13.4. The van der Waals surface area contributed by atoms with Crippen LogP contribution in [0.15, 0.2) is 0 Å². The van der Waals surface area contributed by atoms with Crippen LogP contribution in [0.2, 0.25) is 0 Å². The summed E-state index contributed by atoms with van der Waals surface area (Å²) in [6.45, 7) is 8.61. The minimum atomic E-state index is 0.210. The average Bonchev–Trinajstić information content (AvgIpc) is 2.61. The van der Waals surface area contributed by atoms with E-state index in [1.54, 1.807) is 0 Å². The van der Waals surface area contributed by atoms with Crippen LogP contribution < -0.4 is 0 Å². The number of amides is 1. The van der Waals surface area contributed by atoms with E-state index in [9.17, 15) is 4.79 Å². The number of carbonyl (C=O) groups excluding carboxylic acids is 1. The predicted molar refractivity (Wildman–Crippen MR) is 74.2 cm³/mol. The molecule has 0 aromatic heterocycles. The second-order valence-corrected chi connectivity index (χ2v) is 7.68. The number of nitrogens with zero attached hydrogens (tertiary/aromatic N) is 1. The molecule has 3 unspecified atom stereocenters. The molecule has 1 saturated heterocycles. The lowest BCUT2D eigenvalue weighted by molar-refractivity contribution is -0.139. The van der Waals surface area contributed by atoms with Gasteiger partial charge in [-0.1, -0.05) is 43.1 Å². The van der Waals surface area contributed by atoms with Gasteiger partial charge in [-0.2, -0.15) is 0 Å². The fourth-order valence-corrected chi connectivity index (χ4v) is 3.84. The van der Waals surface area contributed by atoms with Gasteiger partial charge >= 0.3 is 0 Å². The van der Waals surface area contributed by atoms with Crippen molar-refractivity contribution in [2.45, 2.75) is 51.3 Å². The lowest BCUT2D eigenvalue weighted by Gasteiger charge is -2.38. The third-order valence-corrected chi connectivity index (χ3v) is 5.93. The fraction of sp³-hybridized carbons (Fsp3) is 0.929. The Morgan fingerprint density at radius 2 is 2.06 bits per heavy atom. The smallest absolute Gasteiger partial charge is 0.226 e. The van der Waals surface area contributed by atoms with E-state index < -0.39 is 0 Å². The van der Waals surface area contributed by atoms with Gasteiger partial charge in [0.15, 0.2) is 0 Å². The molecule has 3 atom stereocenters. The number of halogens is 1. The minimum Gasteiger partial charge on any atom is -0.341 e. The highest BCUT2D eigenvalue weighted by atomic mass is 79.9. The Hall–Kier alpha value is -0.0500. The van der Waals surface area contributed by atoms with Crippen molar-refractivity contribution >= 4 is 21.8 Å². The fourth-order valence-electron chi connectivity index (χ4n) is 3.23. The molecule has 2 rings (SSSR count). The van der Waals surface area contributed by atoms with Crippen LogP contribution in [-0.4, -0.2) is 28.7 Å². The molecule has 3 heteroatoms. The number of carbonyl (C=O) groups is 1. The van der Waals surface area contributed by atoms with Gasteiger partial charge in [0.1, 0.15) is 0 Å². The zero-order valence-corrected chi connectivity index (χ0v) is 12.8. The molecule has 1 heterocycles. The Morgan fingerprint density at radius 1 is 1.35 bits per heavy atom. The Kier molecular flexibility index (Phi) is 3.86. The maximum absolute atomic E-state index is 12.6. The van der Waals surface area contributed by atoms with Crippen molar-refractivity contribution in [3.05, 3.63) is 0 Å². The molecule has 1 amide bonds. The van der Waals surface area contributed by atoms with Crippen molar-refractivity contribution in [3.63, 3.8) is 0 Å². The number of hydrogen-bond donors (Lipinski definition) is 0. The van der Waals surface area contributed by atoms with Crippen molar-refractivity contribution < 1.29 is 4.79 Å². The summed E-state index contributed by atoms with van der Waals surface area (Å²) in [5.74, 6) is 1.36. The highest BCUT2D eigenvalue weighted by Crippen LogP contribution is 2.43. The topological polar surface area (TPSA) is 20.3 Å². The molecular formula is C14H24BrNO. The normalized spacial score (nSPS) is 37.2. The first-order chi connectivity index (χ1) is 7.92. The van der Waals surface area contributed by atoms with Crippen LogP contribution in [0.4, 0.5) is 0 Å². The lowest BCUT2D eigenvalue weighted by atomic mass is 9.80. The van der Waals surface area contributed by atoms with E-state index in [1.165, 1.54) is 12.8 Å². The second kappa shape index (κ2) is 4.91. The van der Waals surface area contributed by atoms with Gasteiger partial charge < -0.3 is 4.90 Å². The largest absolute Gasteiger partial charge is 0.341 e. The van der Waals surface area contributed by atoms with E-state index in [0.717, 1.165) is 25.9 Å². The Bertz CT molecular complexity index is 303. The average molecular weight is 302 g/mol. The van der Waals surface area contributed by atoms with Gasteiger partial charge in [0, 0.05) is 23.8 Å². The third-order valence-electron chi connectivity index (χ3n) is 4.73. The Morgan fingerprint density at radius 3 is 2.59 bits per heavy atom. The van der Waals surface area contributed by atoms with Crippen molar-refractivity contribution in [1.29, 1.82) is 0 Å². The molecular weight excluding hydrogens is 278 g/mol. The van der Waals surface area contributed by atoms with E-state index in [2.05, 4.69) is 41.6 Å². The van der Waals surface area contributed by atoms with Crippen LogP contribution in [0, 0.1) is 17.3 Å². The van der Waals surface area contributed by atoms with Crippen LogP contribution in [0.25, 0.3) is 0 Å². The molecule has 1 saturated carbocycles. The molecule has 0 aromatic carbocycles. The van der Waals surface area contributed by atoms with E-state index in [0.29, 0.717) is 16.7 Å². The number of alkyl halides is 1. The summed E-state index contributed by atoms with van der Waals surface area (Å²) in [6.07, 6.45) is 4.64. The summed E-state index contributed by atoms with van der Waals surface area (Å²) < 4.78 is 0. The molecule has 0 bridgehead atoms. The molecule has 0 radical (unpaired) electrons. The summed E-state index contributed by atoms with van der Waals surface area (Å²) in [5, 5.41) is 0. The van der Waals surface area contributed by atoms with Gasteiger partial charge in [-0.25, -0.2) is 0 Å². The Labute approximate surface area is 113 Å². The predicted octanol–water partition coefficient (Wildman–Crippen LogP) is 3.44. The highest BCUT2D eigenvalue weighted by Gasteiger charge is 2.42. The Balaban J connectivity index is 2.01. The van der Waals surface area contributed by atoms with Crippen molar-refractivity contribution in [2.75, 3.05) is 13.1 Å². The first-order valence-electron chi connectivity index (χ1n) is 6.84. The molecule has 2 aliphatic rings. The van der Waals surface area contributed by atoms with Gasteiger partial charge in [0.25, 0.3) is 0 Å². The molecule has 17 heavy (non-hydrogen) atoms. The van der Waals surface area contributed by atoms with Crippen molar-refractivity contribution in [2.24, 2.45) is 17.3 Å². The number of piperidine rings is 1. The van der Waals surface area contributed by atoms with Crippen LogP contribution in [0.1, 0.15) is 46.5 Å². The summed E-state index contributed by atoms with van der Waals surface area (Å²) in [5.41, 5.74) is 0.210. The second-order valence-electron chi connectivity index (χ2n) is 6.50. The van der Waals surface area contributed by atoms with Crippen LogP contribution in [0.3, 0.4) is 0 Å². The first-order valence-corrected chi connectivity index (χ1v) is 7.76. The summed E-state index contributed by atoms with van der Waals surface area (Å²) >= 11 is 3.71. The van der Waals surface area contributed by atoms with E-state index in [1.807, 2.05) is 0 Å². The monoisotopic (exact) mass is 301 g/mol. The van der Waals surface area contributed by atoms with E-state index in [-0.39, 0.29) is 11.3 Å². The van der Waals surface area contributed by atoms with Gasteiger partial charge in [-0.15, -0.1) is 0 Å². The zero-order valence-electron chi connectivity index (χ0n) is 11.2. The summed E-state index contributed by atoms with van der Waals surface area (Å²) in [6, 6.07) is 0. The van der Waals surface area contributed by atoms with Crippen LogP contribution in [0.5, 0.6) is 0 Å². The van der Waals surface area contributed by atoms with E-state index in [4.69, 9.17) is 0 Å². The molecule has 0 aromatic rings. The van der Waals surface area contributed by atoms with Crippen molar-refractivity contribution in [3.8, 4) is 0 Å². The minimum absolute atomic E-state index is 0.210. The highest BCUT2D eigenvalue weighted by molar-refractivity contribution is 9.09. The van der Waals surface area contributed by atoms with Crippen LogP contribution in [-0.2, 0) is 4.79 Å². The molecule has 0 spiro atoms. The lowest BCUT2D eigenvalue weighted by Crippen LogP contribution is -2.47. The van der Waals surface area contributed by atoms with Gasteiger partial charge in [0.2, 0.25) is 5.91 Å². The number of likely N-dealkylation sites (tertiary alicyclic amines) is 1. The molecule has 0 N–H and O–H groups in total. The molecule has 2 fully saturated rings. The maximum atomic E-state index is 12.6. The molecule has 1 aliphatic heterocycles. The van der Waals surface area contributed by atoms with E-state index >= 15 is 0 Å². The number of hydrogen-bond acceptors (Lipinski definition) is 1. The maximum Gasteiger partial charge on any atom is 0.226 e. The number of rotatable bonds is 1. The quantitative estimate of drug-likeness (QED) is 0.679. The van der Waals surface area contributed by atoms with Crippen molar-refractivity contribution in [1.82, 2.24) is 4.90 Å². The molecule has 1 aliphatic carbocycles. The van der Waals surface area contributed by atoms with Gasteiger partial charge in [-0.05, 0) is 30.6 Å². The van der Waals surface area contributed by atoms with Gasteiger partial charge in [0.05, 0.1) is 0 Å². The molecule has 98 valence electrons.